The van der Waals surface area contributed by atoms with Gasteiger partial charge >= 0.3 is 36.4 Å². The summed E-state index contributed by atoms with van der Waals surface area (Å²) in [5.74, 6) is -1.29. The number of carbonyl (C=O) groups is 3. The average Bonchev–Trinajstić information content (AvgIpc) is 3.21. The molecule has 0 amide bonds. The van der Waals surface area contributed by atoms with E-state index in [1.165, 1.54) is 12.1 Å². The van der Waals surface area contributed by atoms with Crippen LogP contribution in [0.2, 0.25) is 5.15 Å². The fourth-order valence-electron chi connectivity index (χ4n) is 6.05. The van der Waals surface area contributed by atoms with Gasteiger partial charge in [-0.25, -0.2) is 15.0 Å². The van der Waals surface area contributed by atoms with Gasteiger partial charge in [-0.3, -0.25) is 14.4 Å². The van der Waals surface area contributed by atoms with Gasteiger partial charge in [0.05, 0.1) is 41.1 Å². The third-order valence-electron chi connectivity index (χ3n) is 9.50. The third-order valence-corrected chi connectivity index (χ3v) is 9.72. The highest BCUT2D eigenvalue weighted by Gasteiger charge is 2.33. The van der Waals surface area contributed by atoms with Crippen molar-refractivity contribution in [1.29, 1.82) is 0 Å². The molecule has 0 spiro atoms. The van der Waals surface area contributed by atoms with Gasteiger partial charge in [-0.1, -0.05) is 11.6 Å². The van der Waals surface area contributed by atoms with E-state index in [1.54, 1.807) is 11.8 Å². The number of ether oxygens (including phenoxy) is 1. The smallest absolute Gasteiger partial charge is 0.417 e. The van der Waals surface area contributed by atoms with E-state index in [4.69, 9.17) is 26.6 Å². The number of nitrogens with zero attached hydrogens (tertiary/aromatic N) is 5. The Bertz CT molecular complexity index is 1780. The van der Waals surface area contributed by atoms with E-state index in [2.05, 4.69) is 20.3 Å². The minimum absolute atomic E-state index is 0.0537. The van der Waals surface area contributed by atoms with Crippen LogP contribution in [0.15, 0.2) is 55.0 Å². The predicted molar refractivity (Wildman–Crippen MR) is 200 cm³/mol. The maximum absolute atomic E-state index is 12.5. The van der Waals surface area contributed by atoms with E-state index in [0.29, 0.717) is 76.3 Å². The first kappa shape index (κ1) is 49.4. The van der Waals surface area contributed by atoms with Gasteiger partial charge in [0.15, 0.2) is 0 Å². The Kier molecular flexibility index (Phi) is 18.6. The summed E-state index contributed by atoms with van der Waals surface area (Å²) in [5, 5.41) is 20.5. The average molecular weight is 887 g/mol. The van der Waals surface area contributed by atoms with E-state index in [9.17, 15) is 53.9 Å². The largest absolute Gasteiger partial charge is 0.481 e. The molecule has 3 saturated heterocycles. The molecule has 0 aliphatic carbocycles. The highest BCUT2D eigenvalue weighted by Crippen LogP contribution is 2.32. The quantitative estimate of drug-likeness (QED) is 0.124. The van der Waals surface area contributed by atoms with Gasteiger partial charge in [-0.2, -0.15) is 39.5 Å². The van der Waals surface area contributed by atoms with Crippen LogP contribution in [0.25, 0.3) is 0 Å². The van der Waals surface area contributed by atoms with Crippen molar-refractivity contribution in [2.24, 2.45) is 17.8 Å². The fourth-order valence-corrected chi connectivity index (χ4v) is 6.17. The molecule has 0 bridgehead atoms. The molecule has 60 heavy (non-hydrogen) atoms. The molecule has 3 aliphatic heterocycles. The third kappa shape index (κ3) is 16.3. The van der Waals surface area contributed by atoms with Crippen LogP contribution < -0.4 is 15.1 Å². The number of halogens is 10. The summed E-state index contributed by atoms with van der Waals surface area (Å²) < 4.78 is 115. The number of piperidine rings is 3. The maximum Gasteiger partial charge on any atom is 0.417 e. The Hall–Kier alpha value is -4.92. The number of aliphatic carboxylic acids is 2. The molecular weight excluding hydrogens is 843 g/mol. The summed E-state index contributed by atoms with van der Waals surface area (Å²) in [6.45, 7) is 6.00. The van der Waals surface area contributed by atoms with Crippen LogP contribution in [-0.4, -0.2) is 88.9 Å². The van der Waals surface area contributed by atoms with Crippen LogP contribution in [0.4, 0.5) is 51.1 Å². The molecule has 0 radical (unpaired) electrons. The number of hydrogen-bond acceptors (Lipinski definition) is 10. The lowest BCUT2D eigenvalue weighted by molar-refractivity contribution is -0.149. The second-order valence-corrected chi connectivity index (χ2v) is 14.0. The number of esters is 1. The van der Waals surface area contributed by atoms with Gasteiger partial charge < -0.3 is 30.1 Å². The number of anilines is 2. The molecule has 3 aliphatic rings. The Morgan fingerprint density at radius 2 is 1.00 bits per heavy atom. The summed E-state index contributed by atoms with van der Waals surface area (Å²) >= 11 is 5.28. The van der Waals surface area contributed by atoms with Crippen molar-refractivity contribution in [3.63, 3.8) is 0 Å². The van der Waals surface area contributed by atoms with Crippen LogP contribution >= 0.6 is 11.6 Å². The Labute approximate surface area is 344 Å². The lowest BCUT2D eigenvalue weighted by Crippen LogP contribution is -2.37. The first-order chi connectivity index (χ1) is 28.1. The molecule has 332 valence electrons. The number of rotatable bonds is 6. The molecule has 3 aromatic heterocycles. The summed E-state index contributed by atoms with van der Waals surface area (Å²) in [6, 6.07) is 6.70. The summed E-state index contributed by atoms with van der Waals surface area (Å²) in [6.07, 6.45) is -6.96. The van der Waals surface area contributed by atoms with Crippen molar-refractivity contribution in [2.75, 3.05) is 55.7 Å². The molecule has 6 rings (SSSR count). The van der Waals surface area contributed by atoms with Gasteiger partial charge in [0.2, 0.25) is 0 Å². The van der Waals surface area contributed by atoms with Crippen molar-refractivity contribution in [3.05, 3.63) is 76.8 Å². The number of aromatic nitrogens is 3. The second-order valence-electron chi connectivity index (χ2n) is 13.6. The number of carboxylic acid groups (broad SMARTS) is 2. The van der Waals surface area contributed by atoms with Crippen LogP contribution in [0.3, 0.4) is 0 Å². The number of carbonyl (C=O) groups excluding carboxylic acids is 1. The molecule has 6 heterocycles. The second kappa shape index (κ2) is 22.6. The first-order valence-electron chi connectivity index (χ1n) is 18.7. The van der Waals surface area contributed by atoms with Crippen LogP contribution in [0.5, 0.6) is 0 Å². The first-order valence-corrected chi connectivity index (χ1v) is 19.1. The number of pyridine rings is 3. The van der Waals surface area contributed by atoms with E-state index >= 15 is 0 Å². The van der Waals surface area contributed by atoms with E-state index in [-0.39, 0.29) is 28.9 Å². The zero-order valence-electron chi connectivity index (χ0n) is 32.2. The number of carboxylic acids is 2. The molecule has 22 heteroatoms. The maximum atomic E-state index is 12.5. The molecule has 3 aromatic rings. The fraction of sp³-hybridized carbons (Fsp3) is 0.526. The van der Waals surface area contributed by atoms with Gasteiger partial charge in [0.1, 0.15) is 16.8 Å². The van der Waals surface area contributed by atoms with Crippen LogP contribution in [0.1, 0.15) is 62.1 Å². The standard InChI is InChI=1S/C14H17F3N2O2.C12H13F3N2O2.C6H3ClF3N.C6H11NO2/c1-2-21-13(20)10-5-7-19(8-6-10)12-4-3-11(9-18-12)14(15,16)17;13-12(14,15)9-1-2-10(16-7-9)17-5-3-8(4-6-17)11(18)19;7-5-2-1-4(3-11-5)6(8,9)10;8-6(9)5-1-3-7-4-2-5/h3-4,9-10H,2,5-8H2,1H3;1-2,7-8H,3-6H2,(H,18,19);1-3H;5,7H,1-4H2,(H,8,9). The van der Waals surface area contributed by atoms with Crippen molar-refractivity contribution in [2.45, 2.75) is 64.0 Å². The molecule has 0 saturated carbocycles. The predicted octanol–water partition coefficient (Wildman–Crippen LogP) is 8.11. The lowest BCUT2D eigenvalue weighted by atomic mass is 9.97. The highest BCUT2D eigenvalue weighted by atomic mass is 35.5. The summed E-state index contributed by atoms with van der Waals surface area (Å²) in [7, 11) is 0. The zero-order valence-corrected chi connectivity index (χ0v) is 32.9. The van der Waals surface area contributed by atoms with Crippen LogP contribution in [-0.2, 0) is 37.6 Å². The molecular formula is C38H44ClF9N6O6. The Morgan fingerprint density at radius 3 is 1.30 bits per heavy atom. The van der Waals surface area contributed by atoms with Gasteiger partial charge in [0, 0.05) is 44.8 Å². The summed E-state index contributed by atoms with van der Waals surface area (Å²) in [5.41, 5.74) is -2.33. The monoisotopic (exact) mass is 886 g/mol. The molecule has 12 nitrogen and oxygen atoms in total. The van der Waals surface area contributed by atoms with Crippen molar-refractivity contribution in [3.8, 4) is 0 Å². The van der Waals surface area contributed by atoms with Crippen molar-refractivity contribution < 1.29 is 68.8 Å². The summed E-state index contributed by atoms with van der Waals surface area (Å²) in [4.78, 5) is 47.4. The lowest BCUT2D eigenvalue weighted by Gasteiger charge is -2.31. The molecule has 0 atom stereocenters. The minimum Gasteiger partial charge on any atom is -0.481 e. The normalized spacial score (nSPS) is 16.9. The van der Waals surface area contributed by atoms with E-state index in [1.807, 2.05) is 4.90 Å². The molecule has 3 fully saturated rings. The van der Waals surface area contributed by atoms with Gasteiger partial charge in [-0.15, -0.1) is 0 Å². The topological polar surface area (TPSA) is 158 Å². The molecule has 0 aromatic carbocycles. The van der Waals surface area contributed by atoms with Crippen molar-refractivity contribution in [1.82, 2.24) is 20.3 Å². The number of nitrogens with one attached hydrogen (secondary N) is 1. The van der Waals surface area contributed by atoms with E-state index < -0.39 is 47.2 Å². The number of hydrogen-bond donors (Lipinski definition) is 3. The molecule has 0 unspecified atom stereocenters. The zero-order chi connectivity index (χ0) is 44.7. The van der Waals surface area contributed by atoms with Gasteiger partial charge in [0.25, 0.3) is 0 Å². The Morgan fingerprint density at radius 1 is 0.633 bits per heavy atom. The Balaban J connectivity index is 0.000000225. The van der Waals surface area contributed by atoms with E-state index in [0.717, 1.165) is 62.6 Å². The van der Waals surface area contributed by atoms with Crippen molar-refractivity contribution >= 4 is 41.1 Å². The highest BCUT2D eigenvalue weighted by molar-refractivity contribution is 6.29. The van der Waals surface area contributed by atoms with Crippen LogP contribution in [0, 0.1) is 17.8 Å². The SMILES string of the molecule is CCOC(=O)C1CCN(c2ccc(C(F)(F)F)cn2)CC1.FC(F)(F)c1ccc(Cl)nc1.O=C(O)C1CCN(c2ccc(C(F)(F)F)cn2)CC1.O=C(O)C1CCNCC1. The molecule has 3 N–H and O–H groups in total. The van der Waals surface area contributed by atoms with Gasteiger partial charge in [-0.05, 0) is 94.9 Å². The number of alkyl halides is 9. The minimum atomic E-state index is -4.39.